The average molecular weight is 467 g/mol. The molecule has 1 N–H and O–H groups in total. The van der Waals surface area contributed by atoms with E-state index in [-0.39, 0.29) is 19.8 Å². The molecule has 0 aliphatic carbocycles. The first-order valence-corrected chi connectivity index (χ1v) is 11.6. The molecule has 0 bridgehead atoms. The molecule has 2 aliphatic heterocycles. The summed E-state index contributed by atoms with van der Waals surface area (Å²) in [6, 6.07) is 18.9. The Hall–Kier alpha value is -3.39. The third kappa shape index (κ3) is 4.63. The number of rotatable bonds is 6. The number of esters is 1. The first-order chi connectivity index (χ1) is 16.5. The highest BCUT2D eigenvalue weighted by atomic mass is 16.6. The van der Waals surface area contributed by atoms with Crippen LogP contribution in [-0.4, -0.2) is 64.2 Å². The van der Waals surface area contributed by atoms with Gasteiger partial charge < -0.3 is 24.4 Å². The van der Waals surface area contributed by atoms with Crippen molar-refractivity contribution in [3.63, 3.8) is 0 Å². The summed E-state index contributed by atoms with van der Waals surface area (Å²) in [5.74, 6) is -2.08. The van der Waals surface area contributed by atoms with E-state index < -0.39 is 35.5 Å². The van der Waals surface area contributed by atoms with Crippen LogP contribution >= 0.6 is 0 Å². The lowest BCUT2D eigenvalue weighted by Gasteiger charge is -2.46. The van der Waals surface area contributed by atoms with Gasteiger partial charge in [-0.1, -0.05) is 60.7 Å². The maximum atomic E-state index is 13.1. The van der Waals surface area contributed by atoms with E-state index in [9.17, 15) is 19.5 Å². The van der Waals surface area contributed by atoms with Gasteiger partial charge in [-0.3, -0.25) is 9.59 Å². The Labute approximate surface area is 199 Å². The number of hydrogen-bond donors (Lipinski definition) is 1. The SMILES string of the molecule is CCOC(=O)[C@@H]1[C@@H](O)C(=O)N(Cc2ccccc2)C12CCN(C(=O)OCc1ccccc1)CC2. The van der Waals surface area contributed by atoms with Gasteiger partial charge in [-0.25, -0.2) is 4.79 Å². The predicted molar refractivity (Wildman–Crippen MR) is 123 cm³/mol. The Bertz CT molecular complexity index is 1000. The van der Waals surface area contributed by atoms with Crippen molar-refractivity contribution in [2.75, 3.05) is 19.7 Å². The van der Waals surface area contributed by atoms with Crippen molar-refractivity contribution in [1.82, 2.24) is 9.80 Å². The molecular formula is C26H30N2O6. The molecule has 4 rings (SSSR count). The maximum absolute atomic E-state index is 13.1. The highest BCUT2D eigenvalue weighted by Gasteiger charge is 2.62. The van der Waals surface area contributed by atoms with Gasteiger partial charge in [-0.2, -0.15) is 0 Å². The summed E-state index contributed by atoms with van der Waals surface area (Å²) < 4.78 is 10.7. The number of aliphatic hydroxyl groups excluding tert-OH is 1. The Morgan fingerprint density at radius 3 is 2.15 bits per heavy atom. The summed E-state index contributed by atoms with van der Waals surface area (Å²) in [5.41, 5.74) is 0.858. The summed E-state index contributed by atoms with van der Waals surface area (Å²) in [5, 5.41) is 10.8. The van der Waals surface area contributed by atoms with E-state index in [2.05, 4.69) is 0 Å². The van der Waals surface area contributed by atoms with Crippen molar-refractivity contribution >= 4 is 18.0 Å². The van der Waals surface area contributed by atoms with E-state index in [1.165, 1.54) is 0 Å². The minimum atomic E-state index is -1.47. The lowest BCUT2D eigenvalue weighted by atomic mass is 9.76. The largest absolute Gasteiger partial charge is 0.466 e. The van der Waals surface area contributed by atoms with Gasteiger partial charge in [0.15, 0.2) is 0 Å². The molecular weight excluding hydrogens is 436 g/mol. The second kappa shape index (κ2) is 10.3. The Kier molecular flexibility index (Phi) is 7.17. The van der Waals surface area contributed by atoms with Gasteiger partial charge in [0.2, 0.25) is 0 Å². The first-order valence-electron chi connectivity index (χ1n) is 11.6. The molecule has 2 aliphatic rings. The van der Waals surface area contributed by atoms with Crippen LogP contribution in [0.1, 0.15) is 30.9 Å². The van der Waals surface area contributed by atoms with E-state index in [4.69, 9.17) is 9.47 Å². The standard InChI is InChI=1S/C26H30N2O6/c1-2-33-24(31)21-22(29)23(30)28(17-19-9-5-3-6-10-19)26(21)13-15-27(16-14-26)25(32)34-18-20-11-7-4-8-12-20/h3-12,21-22,29H,2,13-18H2,1H3/t21-,22+/m0/s1. The lowest BCUT2D eigenvalue weighted by molar-refractivity contribution is -0.156. The van der Waals surface area contributed by atoms with E-state index in [1.807, 2.05) is 60.7 Å². The third-order valence-corrected chi connectivity index (χ3v) is 6.77. The molecule has 2 amide bonds. The number of piperidine rings is 1. The van der Waals surface area contributed by atoms with Crippen molar-refractivity contribution in [3.05, 3.63) is 71.8 Å². The molecule has 2 fully saturated rings. The van der Waals surface area contributed by atoms with Crippen molar-refractivity contribution in [1.29, 1.82) is 0 Å². The topological polar surface area (TPSA) is 96.4 Å². The second-order valence-electron chi connectivity index (χ2n) is 8.72. The number of carbonyl (C=O) groups is 3. The molecule has 0 radical (unpaired) electrons. The van der Waals surface area contributed by atoms with Crippen molar-refractivity contribution in [2.24, 2.45) is 5.92 Å². The molecule has 2 aromatic carbocycles. The average Bonchev–Trinajstić information content (AvgIpc) is 3.05. The van der Waals surface area contributed by atoms with Crippen LogP contribution in [0.4, 0.5) is 4.79 Å². The van der Waals surface area contributed by atoms with Crippen LogP contribution in [0.15, 0.2) is 60.7 Å². The summed E-state index contributed by atoms with van der Waals surface area (Å²) >= 11 is 0. The number of likely N-dealkylation sites (tertiary alicyclic amines) is 2. The zero-order valence-electron chi connectivity index (χ0n) is 19.3. The quantitative estimate of drug-likeness (QED) is 0.658. The van der Waals surface area contributed by atoms with Crippen LogP contribution in [0, 0.1) is 5.92 Å². The molecule has 0 aromatic heterocycles. The van der Waals surface area contributed by atoms with Gasteiger partial charge >= 0.3 is 12.1 Å². The molecule has 2 aromatic rings. The van der Waals surface area contributed by atoms with Crippen molar-refractivity contribution in [2.45, 2.75) is 44.6 Å². The maximum Gasteiger partial charge on any atom is 0.410 e. The Balaban J connectivity index is 1.52. The Morgan fingerprint density at radius 2 is 1.56 bits per heavy atom. The molecule has 8 heteroatoms. The van der Waals surface area contributed by atoms with Gasteiger partial charge in [0.05, 0.1) is 12.1 Å². The van der Waals surface area contributed by atoms with Gasteiger partial charge in [0.25, 0.3) is 5.91 Å². The van der Waals surface area contributed by atoms with Crippen LogP contribution in [0.25, 0.3) is 0 Å². The van der Waals surface area contributed by atoms with E-state index in [0.717, 1.165) is 11.1 Å². The van der Waals surface area contributed by atoms with Crippen molar-refractivity contribution in [3.8, 4) is 0 Å². The van der Waals surface area contributed by atoms with E-state index >= 15 is 0 Å². The molecule has 0 saturated carbocycles. The number of aliphatic hydroxyl groups is 1. The molecule has 2 heterocycles. The van der Waals surface area contributed by atoms with E-state index in [1.54, 1.807) is 16.7 Å². The number of hydrogen-bond acceptors (Lipinski definition) is 6. The lowest BCUT2D eigenvalue weighted by Crippen LogP contribution is -2.58. The van der Waals surface area contributed by atoms with Gasteiger partial charge in [0, 0.05) is 19.6 Å². The number of nitrogens with zero attached hydrogens (tertiary/aromatic N) is 2. The van der Waals surface area contributed by atoms with Gasteiger partial charge in [-0.05, 0) is 30.9 Å². The molecule has 34 heavy (non-hydrogen) atoms. The second-order valence-corrected chi connectivity index (χ2v) is 8.72. The summed E-state index contributed by atoms with van der Waals surface area (Å²) in [6.45, 7) is 2.89. The number of amides is 2. The highest BCUT2D eigenvalue weighted by Crippen LogP contribution is 2.45. The minimum absolute atomic E-state index is 0.156. The normalized spacial score (nSPS) is 21.5. The third-order valence-electron chi connectivity index (χ3n) is 6.77. The summed E-state index contributed by atoms with van der Waals surface area (Å²) in [4.78, 5) is 41.9. The number of carbonyl (C=O) groups excluding carboxylic acids is 3. The van der Waals surface area contributed by atoms with Crippen LogP contribution in [0.3, 0.4) is 0 Å². The zero-order valence-corrected chi connectivity index (χ0v) is 19.3. The fraction of sp³-hybridized carbons (Fsp3) is 0.423. The molecule has 0 unspecified atom stereocenters. The molecule has 180 valence electrons. The van der Waals surface area contributed by atoms with Gasteiger partial charge in [-0.15, -0.1) is 0 Å². The van der Waals surface area contributed by atoms with Crippen LogP contribution in [-0.2, 0) is 32.2 Å². The molecule has 2 saturated heterocycles. The van der Waals surface area contributed by atoms with Crippen LogP contribution in [0.5, 0.6) is 0 Å². The highest BCUT2D eigenvalue weighted by molar-refractivity contribution is 5.93. The summed E-state index contributed by atoms with van der Waals surface area (Å²) in [7, 11) is 0. The molecule has 2 atom stereocenters. The monoisotopic (exact) mass is 466 g/mol. The van der Waals surface area contributed by atoms with Crippen LogP contribution < -0.4 is 0 Å². The molecule has 8 nitrogen and oxygen atoms in total. The first kappa shape index (κ1) is 23.8. The zero-order chi connectivity index (χ0) is 24.1. The number of ether oxygens (including phenoxy) is 2. The fourth-order valence-corrected chi connectivity index (χ4v) is 5.03. The minimum Gasteiger partial charge on any atom is -0.466 e. The van der Waals surface area contributed by atoms with Crippen LogP contribution in [0.2, 0.25) is 0 Å². The van der Waals surface area contributed by atoms with E-state index in [0.29, 0.717) is 25.9 Å². The Morgan fingerprint density at radius 1 is 0.971 bits per heavy atom. The van der Waals surface area contributed by atoms with Gasteiger partial charge in [0.1, 0.15) is 18.6 Å². The molecule has 1 spiro atoms. The number of benzene rings is 2. The summed E-state index contributed by atoms with van der Waals surface area (Å²) in [6.07, 6.45) is -1.23. The smallest absolute Gasteiger partial charge is 0.410 e. The predicted octanol–water partition coefficient (Wildman–Crippen LogP) is 2.74. The fourth-order valence-electron chi connectivity index (χ4n) is 5.03. The van der Waals surface area contributed by atoms with Crippen molar-refractivity contribution < 1.29 is 29.0 Å².